The van der Waals surface area contributed by atoms with E-state index in [1.165, 1.54) is 0 Å². The largest absolute Gasteiger partial charge is 0.368 e. The number of halogens is 1. The Hall–Kier alpha value is -1.59. The molecule has 1 aliphatic rings. The molecule has 126 valence electrons. The summed E-state index contributed by atoms with van der Waals surface area (Å²) in [6.07, 6.45) is 0. The lowest BCUT2D eigenvalue weighted by atomic mass is 9.94. The minimum Gasteiger partial charge on any atom is -0.368 e. The van der Waals surface area contributed by atoms with Gasteiger partial charge in [0.1, 0.15) is 6.04 Å². The van der Waals surface area contributed by atoms with E-state index in [9.17, 15) is 9.59 Å². The number of benzene rings is 1. The summed E-state index contributed by atoms with van der Waals surface area (Å²) in [5.41, 5.74) is 6.05. The Balaban J connectivity index is 2.08. The Morgan fingerprint density at radius 3 is 2.04 bits per heavy atom. The molecule has 1 saturated heterocycles. The van der Waals surface area contributed by atoms with Gasteiger partial charge >= 0.3 is 0 Å². The lowest BCUT2D eigenvalue weighted by Crippen LogP contribution is -2.53. The van der Waals surface area contributed by atoms with E-state index >= 15 is 0 Å². The first-order chi connectivity index (χ1) is 10.7. The Morgan fingerprint density at radius 2 is 1.61 bits per heavy atom. The van der Waals surface area contributed by atoms with Crippen molar-refractivity contribution in [1.29, 1.82) is 0 Å². The summed E-state index contributed by atoms with van der Waals surface area (Å²) < 4.78 is 0. The number of nitrogens with two attached hydrogens (primary N) is 1. The molecule has 23 heavy (non-hydrogen) atoms. The van der Waals surface area contributed by atoms with E-state index in [1.54, 1.807) is 12.1 Å². The van der Waals surface area contributed by atoms with E-state index in [-0.39, 0.29) is 17.2 Å². The lowest BCUT2D eigenvalue weighted by Gasteiger charge is -2.40. The van der Waals surface area contributed by atoms with Gasteiger partial charge in [-0.2, -0.15) is 0 Å². The van der Waals surface area contributed by atoms with E-state index in [1.807, 2.05) is 42.7 Å². The molecule has 0 bridgehead atoms. The molecular formula is C17H24ClN3O2. The molecule has 1 atom stereocenters. The van der Waals surface area contributed by atoms with Gasteiger partial charge in [0.25, 0.3) is 0 Å². The number of primary amides is 1. The van der Waals surface area contributed by atoms with Crippen LogP contribution in [0, 0.1) is 5.41 Å². The smallest absolute Gasteiger partial charge is 0.239 e. The van der Waals surface area contributed by atoms with Crippen LogP contribution < -0.4 is 5.73 Å². The zero-order valence-electron chi connectivity index (χ0n) is 13.9. The normalized spacial score (nSPS) is 17.8. The minimum absolute atomic E-state index is 0.138. The quantitative estimate of drug-likeness (QED) is 0.918. The molecule has 1 unspecified atom stereocenters. The first-order valence-electron chi connectivity index (χ1n) is 7.78. The second kappa shape index (κ2) is 6.89. The molecular weight excluding hydrogens is 314 g/mol. The molecule has 1 aromatic rings. The molecule has 1 fully saturated rings. The Kier molecular flexibility index (Phi) is 5.32. The molecule has 2 amide bonds. The second-order valence-corrected chi connectivity index (χ2v) is 7.37. The molecule has 0 aliphatic carbocycles. The number of amides is 2. The van der Waals surface area contributed by atoms with Crippen molar-refractivity contribution in [1.82, 2.24) is 9.80 Å². The molecule has 0 aromatic heterocycles. The zero-order valence-corrected chi connectivity index (χ0v) is 14.6. The van der Waals surface area contributed by atoms with Gasteiger partial charge in [0, 0.05) is 36.6 Å². The van der Waals surface area contributed by atoms with Crippen LogP contribution in [0.1, 0.15) is 32.4 Å². The Morgan fingerprint density at radius 1 is 1.09 bits per heavy atom. The van der Waals surface area contributed by atoms with Crippen molar-refractivity contribution in [3.63, 3.8) is 0 Å². The molecule has 0 radical (unpaired) electrons. The van der Waals surface area contributed by atoms with Crippen LogP contribution in [0.25, 0.3) is 0 Å². The van der Waals surface area contributed by atoms with E-state index in [4.69, 9.17) is 17.3 Å². The summed E-state index contributed by atoms with van der Waals surface area (Å²) in [6.45, 7) is 8.21. The summed E-state index contributed by atoms with van der Waals surface area (Å²) in [5.74, 6) is -0.248. The van der Waals surface area contributed by atoms with Gasteiger partial charge in [-0.05, 0) is 17.7 Å². The highest BCUT2D eigenvalue weighted by atomic mass is 35.5. The van der Waals surface area contributed by atoms with E-state index in [0.29, 0.717) is 31.2 Å². The molecule has 1 heterocycles. The average molecular weight is 338 g/mol. The number of hydrogen-bond acceptors (Lipinski definition) is 3. The highest BCUT2D eigenvalue weighted by molar-refractivity contribution is 6.30. The maximum atomic E-state index is 12.3. The highest BCUT2D eigenvalue weighted by Crippen LogP contribution is 2.25. The fraction of sp³-hybridized carbons (Fsp3) is 0.529. The fourth-order valence-electron chi connectivity index (χ4n) is 2.86. The van der Waals surface area contributed by atoms with Crippen LogP contribution in [-0.4, -0.2) is 47.8 Å². The molecule has 0 spiro atoms. The van der Waals surface area contributed by atoms with E-state index in [2.05, 4.69) is 0 Å². The molecule has 1 aliphatic heterocycles. The van der Waals surface area contributed by atoms with E-state index < -0.39 is 6.04 Å². The van der Waals surface area contributed by atoms with Crippen LogP contribution in [0.4, 0.5) is 0 Å². The van der Waals surface area contributed by atoms with Gasteiger partial charge in [-0.1, -0.05) is 44.5 Å². The Bertz CT molecular complexity index is 572. The topological polar surface area (TPSA) is 66.6 Å². The number of carbonyl (C=O) groups is 2. The third kappa shape index (κ3) is 4.24. The predicted molar refractivity (Wildman–Crippen MR) is 91.0 cm³/mol. The van der Waals surface area contributed by atoms with Gasteiger partial charge in [-0.3, -0.25) is 14.5 Å². The monoisotopic (exact) mass is 337 g/mol. The number of piperazine rings is 1. The van der Waals surface area contributed by atoms with Crippen LogP contribution >= 0.6 is 11.6 Å². The third-order valence-electron chi connectivity index (χ3n) is 4.06. The summed E-state index contributed by atoms with van der Waals surface area (Å²) in [7, 11) is 0. The summed E-state index contributed by atoms with van der Waals surface area (Å²) in [5, 5.41) is 0.623. The van der Waals surface area contributed by atoms with Gasteiger partial charge in [-0.15, -0.1) is 0 Å². The average Bonchev–Trinajstić information content (AvgIpc) is 2.48. The van der Waals surface area contributed by atoms with Crippen LogP contribution in [0.5, 0.6) is 0 Å². The predicted octanol–water partition coefficient (Wildman–Crippen LogP) is 2.06. The van der Waals surface area contributed by atoms with Crippen molar-refractivity contribution in [3.05, 3.63) is 34.9 Å². The first kappa shape index (κ1) is 17.8. The molecule has 5 nitrogen and oxygen atoms in total. The number of nitrogens with zero attached hydrogens (tertiary/aromatic N) is 2. The fourth-order valence-corrected chi connectivity index (χ4v) is 2.98. The molecule has 2 N–H and O–H groups in total. The standard InChI is InChI=1S/C17H24ClN3O2/c1-17(2,3)16(23)21-10-8-20(9-11-21)14(15(19)22)12-4-6-13(18)7-5-12/h4-7,14H,8-11H2,1-3H3,(H2,19,22). The van der Waals surface area contributed by atoms with Crippen LogP contribution in [0.2, 0.25) is 5.02 Å². The van der Waals surface area contributed by atoms with Gasteiger partial charge in [-0.25, -0.2) is 0 Å². The first-order valence-corrected chi connectivity index (χ1v) is 8.16. The second-order valence-electron chi connectivity index (χ2n) is 6.93. The van der Waals surface area contributed by atoms with Crippen molar-refractivity contribution >= 4 is 23.4 Å². The van der Waals surface area contributed by atoms with Gasteiger partial charge < -0.3 is 10.6 Å². The molecule has 2 rings (SSSR count). The van der Waals surface area contributed by atoms with Crippen molar-refractivity contribution in [2.45, 2.75) is 26.8 Å². The summed E-state index contributed by atoms with van der Waals surface area (Å²) in [4.78, 5) is 28.1. The van der Waals surface area contributed by atoms with Gasteiger partial charge in [0.05, 0.1) is 0 Å². The van der Waals surface area contributed by atoms with Gasteiger partial charge in [0.15, 0.2) is 0 Å². The van der Waals surface area contributed by atoms with Crippen molar-refractivity contribution in [2.75, 3.05) is 26.2 Å². The Labute approximate surface area is 142 Å². The number of rotatable bonds is 3. The highest BCUT2D eigenvalue weighted by Gasteiger charge is 2.33. The zero-order chi connectivity index (χ0) is 17.2. The van der Waals surface area contributed by atoms with E-state index in [0.717, 1.165) is 5.56 Å². The maximum absolute atomic E-state index is 12.3. The van der Waals surface area contributed by atoms with Crippen molar-refractivity contribution in [2.24, 2.45) is 11.1 Å². The molecule has 1 aromatic carbocycles. The summed E-state index contributed by atoms with van der Waals surface area (Å²) in [6, 6.07) is 6.67. The van der Waals surface area contributed by atoms with Crippen LogP contribution in [-0.2, 0) is 9.59 Å². The van der Waals surface area contributed by atoms with Crippen molar-refractivity contribution in [3.8, 4) is 0 Å². The summed E-state index contributed by atoms with van der Waals surface area (Å²) >= 11 is 5.90. The molecule has 6 heteroatoms. The SMILES string of the molecule is CC(C)(C)C(=O)N1CCN(C(C(N)=O)c2ccc(Cl)cc2)CC1. The lowest BCUT2D eigenvalue weighted by molar-refractivity contribution is -0.142. The van der Waals surface area contributed by atoms with Crippen LogP contribution in [0.15, 0.2) is 24.3 Å². The van der Waals surface area contributed by atoms with Gasteiger partial charge in [0.2, 0.25) is 11.8 Å². The minimum atomic E-state index is -0.487. The van der Waals surface area contributed by atoms with Crippen LogP contribution in [0.3, 0.4) is 0 Å². The van der Waals surface area contributed by atoms with Crippen molar-refractivity contribution < 1.29 is 9.59 Å². The number of hydrogen-bond donors (Lipinski definition) is 1. The number of carbonyl (C=O) groups excluding carboxylic acids is 2. The molecule has 0 saturated carbocycles. The third-order valence-corrected chi connectivity index (χ3v) is 4.32. The maximum Gasteiger partial charge on any atom is 0.239 e.